The highest BCUT2D eigenvalue weighted by Crippen LogP contribution is 2.42. The van der Waals surface area contributed by atoms with Crippen molar-refractivity contribution in [3.63, 3.8) is 0 Å². The Morgan fingerprint density at radius 2 is 1.08 bits per heavy atom. The van der Waals surface area contributed by atoms with Crippen LogP contribution in [-0.2, 0) is 4.57 Å². The third-order valence-electron chi connectivity index (χ3n) is 4.73. The molecule has 2 heteroatoms. The molecule has 0 N–H and O–H groups in total. The highest BCUT2D eigenvalue weighted by atomic mass is 31.1. The van der Waals surface area contributed by atoms with E-state index in [1.165, 1.54) is 16.2 Å². The number of rotatable bonds is 0. The monoisotopic (exact) mass is 325 g/mol. The average molecular weight is 325 g/mol. The number of benzene rings is 4. The Balaban J connectivity index is 2.31. The Morgan fingerprint density at radius 3 is 1.88 bits per heavy atom. The van der Waals surface area contributed by atoms with Gasteiger partial charge in [0.15, 0.2) is 0 Å². The van der Waals surface area contributed by atoms with Gasteiger partial charge in [0.2, 0.25) is 10.2 Å². The molecular formula is C22H14OP+. The van der Waals surface area contributed by atoms with Crippen LogP contribution in [0, 0.1) is 0 Å². The van der Waals surface area contributed by atoms with Crippen LogP contribution in [0.3, 0.4) is 0 Å². The molecule has 0 bridgehead atoms. The van der Waals surface area contributed by atoms with E-state index in [9.17, 15) is 4.57 Å². The standard InChI is InChI=1S/C22H14OP/c23-24-20-11-5-3-9-17(20)18-14-13-15-7-1-2-8-16(15)22(18)19-10-4-6-12-21(19)24/h1-14H/q+1. The second-order valence-corrected chi connectivity index (χ2v) is 7.59. The zero-order valence-corrected chi connectivity index (χ0v) is 13.8. The summed E-state index contributed by atoms with van der Waals surface area (Å²) >= 11 is 0. The van der Waals surface area contributed by atoms with Crippen LogP contribution < -0.4 is 0 Å². The molecule has 1 nitrogen and oxygen atoms in total. The van der Waals surface area contributed by atoms with Crippen molar-refractivity contribution in [2.75, 3.05) is 0 Å². The molecular weight excluding hydrogens is 311 g/mol. The maximum Gasteiger partial charge on any atom is 0.416 e. The maximum atomic E-state index is 13.3. The van der Waals surface area contributed by atoms with Crippen molar-refractivity contribution in [2.45, 2.75) is 0 Å². The lowest BCUT2D eigenvalue weighted by Crippen LogP contribution is -1.77. The molecule has 0 aliphatic rings. The van der Waals surface area contributed by atoms with E-state index in [-0.39, 0.29) is 0 Å². The summed E-state index contributed by atoms with van der Waals surface area (Å²) in [6.45, 7) is 0. The van der Waals surface area contributed by atoms with E-state index in [0.29, 0.717) is 0 Å². The van der Waals surface area contributed by atoms with Crippen molar-refractivity contribution in [1.82, 2.24) is 0 Å². The third kappa shape index (κ3) is 1.82. The minimum atomic E-state index is -1.60. The van der Waals surface area contributed by atoms with E-state index in [2.05, 4.69) is 48.5 Å². The first-order valence-corrected chi connectivity index (χ1v) is 9.28. The van der Waals surface area contributed by atoms with Gasteiger partial charge in [-0.15, -0.1) is 0 Å². The summed E-state index contributed by atoms with van der Waals surface area (Å²) < 4.78 is 13.3. The second kappa shape index (κ2) is 5.12. The molecule has 0 radical (unpaired) electrons. The zero-order chi connectivity index (χ0) is 16.1. The van der Waals surface area contributed by atoms with Crippen LogP contribution in [-0.4, -0.2) is 0 Å². The molecule has 1 unspecified atom stereocenters. The molecule has 5 aromatic rings. The number of fused-ring (bicyclic) bond motifs is 7. The Labute approximate surface area is 139 Å². The minimum absolute atomic E-state index is 0.925. The molecule has 24 heavy (non-hydrogen) atoms. The summed E-state index contributed by atoms with van der Waals surface area (Å²) in [6, 6.07) is 28.9. The Bertz CT molecular complexity index is 1320. The SMILES string of the molecule is O=[p+]1c2ccccc2c2ccc3ccccc3c2c2ccccc21. The van der Waals surface area contributed by atoms with Crippen molar-refractivity contribution in [1.29, 1.82) is 0 Å². The lowest BCUT2D eigenvalue weighted by molar-refractivity contribution is 0.602. The van der Waals surface area contributed by atoms with Crippen molar-refractivity contribution < 1.29 is 4.57 Å². The van der Waals surface area contributed by atoms with E-state index < -0.39 is 7.41 Å². The molecule has 5 rings (SSSR count). The fourth-order valence-corrected chi connectivity index (χ4v) is 5.18. The van der Waals surface area contributed by atoms with Crippen LogP contribution in [0.2, 0.25) is 0 Å². The molecule has 1 atom stereocenters. The Hall–Kier alpha value is -2.76. The van der Waals surface area contributed by atoms with Crippen LogP contribution in [0.25, 0.3) is 42.6 Å². The normalized spacial score (nSPS) is 12.2. The van der Waals surface area contributed by atoms with Crippen LogP contribution in [0.5, 0.6) is 0 Å². The summed E-state index contributed by atoms with van der Waals surface area (Å²) in [5.74, 6) is 0. The second-order valence-electron chi connectivity index (χ2n) is 6.04. The van der Waals surface area contributed by atoms with Crippen molar-refractivity contribution >= 4 is 50.0 Å². The first kappa shape index (κ1) is 13.7. The molecule has 4 aromatic carbocycles. The zero-order valence-electron chi connectivity index (χ0n) is 12.9. The van der Waals surface area contributed by atoms with Gasteiger partial charge in [-0.2, -0.15) is 0 Å². The van der Waals surface area contributed by atoms with Crippen LogP contribution in [0.15, 0.2) is 84.9 Å². The Morgan fingerprint density at radius 1 is 0.500 bits per heavy atom. The van der Waals surface area contributed by atoms with E-state index >= 15 is 0 Å². The van der Waals surface area contributed by atoms with Gasteiger partial charge in [-0.1, -0.05) is 65.2 Å². The molecule has 0 saturated heterocycles. The van der Waals surface area contributed by atoms with Gasteiger partial charge in [0.1, 0.15) is 0 Å². The lowest BCUT2D eigenvalue weighted by atomic mass is 9.99. The van der Waals surface area contributed by atoms with Gasteiger partial charge in [0, 0.05) is 16.2 Å². The summed E-state index contributed by atoms with van der Waals surface area (Å²) in [4.78, 5) is 0. The fourth-order valence-electron chi connectivity index (χ4n) is 3.66. The van der Waals surface area contributed by atoms with Gasteiger partial charge in [-0.25, -0.2) is 0 Å². The van der Waals surface area contributed by atoms with Gasteiger partial charge in [0.25, 0.3) is 0 Å². The van der Waals surface area contributed by atoms with Gasteiger partial charge >= 0.3 is 7.41 Å². The Kier molecular flexibility index (Phi) is 2.92. The van der Waals surface area contributed by atoms with E-state index in [1.54, 1.807) is 0 Å². The first-order valence-electron chi connectivity index (χ1n) is 8.02. The van der Waals surface area contributed by atoms with Crippen LogP contribution in [0.4, 0.5) is 0 Å². The summed E-state index contributed by atoms with van der Waals surface area (Å²) in [6.07, 6.45) is 0. The molecule has 0 saturated carbocycles. The third-order valence-corrected chi connectivity index (χ3v) is 6.39. The first-order chi connectivity index (χ1) is 11.8. The lowest BCUT2D eigenvalue weighted by Gasteiger charge is -2.03. The van der Waals surface area contributed by atoms with Crippen LogP contribution in [0.1, 0.15) is 0 Å². The summed E-state index contributed by atoms with van der Waals surface area (Å²) in [7, 11) is -1.60. The molecule has 0 aliphatic heterocycles. The molecule has 1 heterocycles. The van der Waals surface area contributed by atoms with Gasteiger partial charge in [-0.05, 0) is 40.4 Å². The predicted octanol–water partition coefficient (Wildman–Crippen LogP) is 7.04. The van der Waals surface area contributed by atoms with E-state index in [0.717, 1.165) is 26.4 Å². The highest BCUT2D eigenvalue weighted by molar-refractivity contribution is 7.49. The predicted molar refractivity (Wildman–Crippen MR) is 104 cm³/mol. The molecule has 0 aliphatic carbocycles. The minimum Gasteiger partial charge on any atom is -0.0616 e. The van der Waals surface area contributed by atoms with E-state index in [4.69, 9.17) is 0 Å². The molecule has 0 amide bonds. The van der Waals surface area contributed by atoms with Gasteiger partial charge < -0.3 is 0 Å². The summed E-state index contributed by atoms with van der Waals surface area (Å²) in [5, 5.41) is 8.79. The number of hydrogen-bond acceptors (Lipinski definition) is 1. The molecule has 112 valence electrons. The average Bonchev–Trinajstić information content (AvgIpc) is 2.76. The van der Waals surface area contributed by atoms with Crippen molar-refractivity contribution in [3.05, 3.63) is 84.9 Å². The molecule has 0 fully saturated rings. The van der Waals surface area contributed by atoms with Crippen LogP contribution >= 0.6 is 7.41 Å². The van der Waals surface area contributed by atoms with Gasteiger partial charge in [0.05, 0.1) is 0 Å². The highest BCUT2D eigenvalue weighted by Gasteiger charge is 2.18. The summed E-state index contributed by atoms with van der Waals surface area (Å²) in [5.41, 5.74) is 0. The molecule has 1 aromatic heterocycles. The van der Waals surface area contributed by atoms with Crippen molar-refractivity contribution in [3.8, 4) is 0 Å². The van der Waals surface area contributed by atoms with Gasteiger partial charge in [-0.3, -0.25) is 0 Å². The van der Waals surface area contributed by atoms with Crippen molar-refractivity contribution in [2.24, 2.45) is 0 Å². The number of hydrogen-bond donors (Lipinski definition) is 0. The smallest absolute Gasteiger partial charge is 0.0616 e. The molecule has 0 spiro atoms. The quantitative estimate of drug-likeness (QED) is 0.298. The largest absolute Gasteiger partial charge is 0.416 e. The topological polar surface area (TPSA) is 17.1 Å². The fraction of sp³-hybridized carbons (Fsp3) is 0. The van der Waals surface area contributed by atoms with E-state index in [1.807, 2.05) is 36.4 Å². The maximum absolute atomic E-state index is 13.3.